The van der Waals surface area contributed by atoms with E-state index < -0.39 is 11.6 Å². The Morgan fingerprint density at radius 3 is 2.05 bits per heavy atom. The molecule has 2 atom stereocenters. The fourth-order valence-corrected chi connectivity index (χ4v) is 2.61. The summed E-state index contributed by atoms with van der Waals surface area (Å²) in [6.45, 7) is 1.16. The summed E-state index contributed by atoms with van der Waals surface area (Å²) in [6.07, 6.45) is 0.0697. The average Bonchev–Trinajstić information content (AvgIpc) is 2.81. The predicted octanol–water partition coefficient (Wildman–Crippen LogP) is 1.32. The summed E-state index contributed by atoms with van der Waals surface area (Å²) in [6, 6.07) is 2.68. The number of ether oxygens (including phenoxy) is 2. The van der Waals surface area contributed by atoms with Crippen molar-refractivity contribution in [2.24, 2.45) is 5.73 Å². The number of nitrogens with zero attached hydrogens (tertiary/aromatic N) is 1. The van der Waals surface area contributed by atoms with Crippen molar-refractivity contribution in [1.29, 1.82) is 0 Å². The van der Waals surface area contributed by atoms with Crippen LogP contribution in [0, 0.1) is 11.6 Å². The van der Waals surface area contributed by atoms with Crippen LogP contribution in [0.2, 0.25) is 0 Å². The highest BCUT2D eigenvalue weighted by atomic mass is 19.1. The molecule has 4 nitrogen and oxygen atoms in total. The van der Waals surface area contributed by atoms with E-state index in [-0.39, 0.29) is 17.9 Å². The van der Waals surface area contributed by atoms with Gasteiger partial charge in [-0.3, -0.25) is 0 Å². The van der Waals surface area contributed by atoms with Crippen molar-refractivity contribution in [2.75, 3.05) is 38.8 Å². The molecule has 0 spiro atoms. The first-order chi connectivity index (χ1) is 9.60. The maximum atomic E-state index is 14.1. The lowest BCUT2D eigenvalue weighted by Gasteiger charge is -2.20. The van der Waals surface area contributed by atoms with E-state index >= 15 is 0 Å². The molecule has 112 valence electrons. The minimum Gasteiger partial charge on any atom is -0.377 e. The summed E-state index contributed by atoms with van der Waals surface area (Å²) in [5.41, 5.74) is 5.95. The Bertz CT molecular complexity index is 435. The number of hydrogen-bond donors (Lipinski definition) is 1. The van der Waals surface area contributed by atoms with Gasteiger partial charge in [0.25, 0.3) is 0 Å². The number of anilines is 1. The van der Waals surface area contributed by atoms with Crippen LogP contribution in [-0.4, -0.2) is 46.1 Å². The van der Waals surface area contributed by atoms with Gasteiger partial charge in [-0.1, -0.05) is 0 Å². The van der Waals surface area contributed by atoms with Crippen molar-refractivity contribution in [3.05, 3.63) is 29.3 Å². The van der Waals surface area contributed by atoms with E-state index in [4.69, 9.17) is 15.2 Å². The first kappa shape index (κ1) is 15.2. The molecule has 1 aliphatic rings. The molecule has 2 unspecified atom stereocenters. The summed E-state index contributed by atoms with van der Waals surface area (Å²) >= 11 is 0. The van der Waals surface area contributed by atoms with Gasteiger partial charge in [0, 0.05) is 27.3 Å². The number of nitrogens with two attached hydrogens (primary N) is 1. The van der Waals surface area contributed by atoms with Crippen LogP contribution in [0.1, 0.15) is 5.56 Å². The highest BCUT2D eigenvalue weighted by molar-refractivity contribution is 5.52. The molecule has 2 N–H and O–H groups in total. The van der Waals surface area contributed by atoms with Crippen molar-refractivity contribution < 1.29 is 18.3 Å². The van der Waals surface area contributed by atoms with Crippen LogP contribution >= 0.6 is 0 Å². The van der Waals surface area contributed by atoms with Crippen molar-refractivity contribution >= 4 is 5.69 Å². The third-order valence-electron chi connectivity index (χ3n) is 3.65. The molecule has 1 aromatic carbocycles. The van der Waals surface area contributed by atoms with Crippen molar-refractivity contribution in [2.45, 2.75) is 18.6 Å². The Labute approximate surface area is 117 Å². The lowest BCUT2D eigenvalue weighted by molar-refractivity contribution is -0.00461. The fourth-order valence-electron chi connectivity index (χ4n) is 2.61. The molecule has 0 amide bonds. The first-order valence-corrected chi connectivity index (χ1v) is 6.59. The minimum atomic E-state index is -0.569. The molecular weight excluding hydrogens is 266 g/mol. The lowest BCUT2D eigenvalue weighted by atomic mass is 10.1. The molecule has 6 heteroatoms. The number of methoxy groups -OCH3 is 2. The van der Waals surface area contributed by atoms with Gasteiger partial charge in [0.2, 0.25) is 0 Å². The third-order valence-corrected chi connectivity index (χ3v) is 3.65. The predicted molar refractivity (Wildman–Crippen MR) is 72.9 cm³/mol. The minimum absolute atomic E-state index is 0.0210. The van der Waals surface area contributed by atoms with Crippen LogP contribution in [0.3, 0.4) is 0 Å². The van der Waals surface area contributed by atoms with E-state index in [2.05, 4.69) is 0 Å². The number of halogens is 2. The molecule has 0 aromatic heterocycles. The number of hydrogen-bond acceptors (Lipinski definition) is 4. The van der Waals surface area contributed by atoms with Gasteiger partial charge in [-0.2, -0.15) is 0 Å². The van der Waals surface area contributed by atoms with Gasteiger partial charge in [-0.15, -0.1) is 0 Å². The zero-order chi connectivity index (χ0) is 14.7. The molecular formula is C14H20F2N2O2. The maximum Gasteiger partial charge on any atom is 0.149 e. The van der Waals surface area contributed by atoms with Gasteiger partial charge >= 0.3 is 0 Å². The second-order valence-electron chi connectivity index (χ2n) is 4.90. The van der Waals surface area contributed by atoms with E-state index in [1.807, 2.05) is 0 Å². The zero-order valence-electron chi connectivity index (χ0n) is 11.7. The SMILES string of the molecule is COC1CN(c2c(F)cc(CCN)cc2F)CC1OC. The van der Waals surface area contributed by atoms with E-state index in [0.717, 1.165) is 0 Å². The van der Waals surface area contributed by atoms with E-state index in [1.165, 1.54) is 12.1 Å². The molecule has 0 aliphatic carbocycles. The van der Waals surface area contributed by atoms with Crippen LogP contribution in [0.4, 0.5) is 14.5 Å². The standard InChI is InChI=1S/C14H20F2N2O2/c1-19-12-7-18(8-13(12)20-2)14-10(15)5-9(3-4-17)6-11(14)16/h5-6,12-13H,3-4,7-8,17H2,1-2H3. The molecule has 2 rings (SSSR count). The van der Waals surface area contributed by atoms with Crippen LogP contribution in [0.15, 0.2) is 12.1 Å². The number of benzene rings is 1. The molecule has 1 aliphatic heterocycles. The largest absolute Gasteiger partial charge is 0.377 e. The van der Waals surface area contributed by atoms with E-state index in [0.29, 0.717) is 31.6 Å². The Balaban J connectivity index is 2.25. The molecule has 1 heterocycles. The van der Waals surface area contributed by atoms with Crippen molar-refractivity contribution in [3.63, 3.8) is 0 Å². The normalized spacial score (nSPS) is 22.6. The van der Waals surface area contributed by atoms with Gasteiger partial charge in [0.05, 0.1) is 0 Å². The molecule has 1 saturated heterocycles. The summed E-state index contributed by atoms with van der Waals surface area (Å²) in [5.74, 6) is -1.14. The van der Waals surface area contributed by atoms with Gasteiger partial charge < -0.3 is 20.1 Å². The van der Waals surface area contributed by atoms with Gasteiger partial charge in [0.1, 0.15) is 29.5 Å². The lowest BCUT2D eigenvalue weighted by Crippen LogP contribution is -2.27. The highest BCUT2D eigenvalue weighted by Gasteiger charge is 2.35. The van der Waals surface area contributed by atoms with Gasteiger partial charge in [-0.25, -0.2) is 8.78 Å². The second kappa shape index (κ2) is 6.47. The Morgan fingerprint density at radius 1 is 1.15 bits per heavy atom. The Hall–Kier alpha value is -1.24. The average molecular weight is 286 g/mol. The summed E-state index contributed by atoms with van der Waals surface area (Å²) in [4.78, 5) is 1.62. The molecule has 1 fully saturated rings. The number of rotatable bonds is 5. The maximum absolute atomic E-state index is 14.1. The fraction of sp³-hybridized carbons (Fsp3) is 0.571. The van der Waals surface area contributed by atoms with Crippen LogP contribution < -0.4 is 10.6 Å². The van der Waals surface area contributed by atoms with Crippen LogP contribution in [-0.2, 0) is 15.9 Å². The zero-order valence-corrected chi connectivity index (χ0v) is 11.7. The van der Waals surface area contributed by atoms with E-state index in [1.54, 1.807) is 19.1 Å². The molecule has 0 bridgehead atoms. The van der Waals surface area contributed by atoms with Gasteiger partial charge in [-0.05, 0) is 30.7 Å². The Morgan fingerprint density at radius 2 is 1.65 bits per heavy atom. The smallest absolute Gasteiger partial charge is 0.149 e. The third kappa shape index (κ3) is 2.92. The molecule has 0 saturated carbocycles. The first-order valence-electron chi connectivity index (χ1n) is 6.59. The van der Waals surface area contributed by atoms with E-state index in [9.17, 15) is 8.78 Å². The molecule has 20 heavy (non-hydrogen) atoms. The van der Waals surface area contributed by atoms with Crippen molar-refractivity contribution in [1.82, 2.24) is 0 Å². The summed E-state index contributed by atoms with van der Waals surface area (Å²) in [7, 11) is 3.13. The highest BCUT2D eigenvalue weighted by Crippen LogP contribution is 2.29. The quantitative estimate of drug-likeness (QED) is 0.887. The summed E-state index contributed by atoms with van der Waals surface area (Å²) < 4.78 is 38.8. The molecule has 0 radical (unpaired) electrons. The van der Waals surface area contributed by atoms with Crippen LogP contribution in [0.5, 0.6) is 0 Å². The Kier molecular flexibility index (Phi) is 4.91. The van der Waals surface area contributed by atoms with Crippen LogP contribution in [0.25, 0.3) is 0 Å². The topological polar surface area (TPSA) is 47.7 Å². The summed E-state index contributed by atoms with van der Waals surface area (Å²) in [5, 5.41) is 0. The second-order valence-corrected chi connectivity index (χ2v) is 4.90. The van der Waals surface area contributed by atoms with Crippen molar-refractivity contribution in [3.8, 4) is 0 Å². The van der Waals surface area contributed by atoms with Gasteiger partial charge in [0.15, 0.2) is 0 Å². The monoisotopic (exact) mass is 286 g/mol. The molecule has 1 aromatic rings.